The number of carbonyl (C=O) groups is 4. The summed E-state index contributed by atoms with van der Waals surface area (Å²) >= 11 is 4.37. The molecule has 184 valence electrons. The molecule has 0 aromatic heterocycles. The molecule has 1 rings (SSSR count). The molecule has 9 heteroatoms. The fourth-order valence-electron chi connectivity index (χ4n) is 3.32. The second-order valence-corrected chi connectivity index (χ2v) is 9.02. The van der Waals surface area contributed by atoms with Crippen LogP contribution in [-0.4, -0.2) is 55.2 Å². The number of amides is 3. The van der Waals surface area contributed by atoms with E-state index in [9.17, 15) is 19.2 Å². The summed E-state index contributed by atoms with van der Waals surface area (Å²) in [6.07, 6.45) is 2.75. The van der Waals surface area contributed by atoms with Gasteiger partial charge in [-0.2, -0.15) is 12.6 Å². The average Bonchev–Trinajstić information content (AvgIpc) is 2.80. The van der Waals surface area contributed by atoms with Crippen molar-refractivity contribution in [1.82, 2.24) is 16.0 Å². The maximum absolute atomic E-state index is 13.0. The molecule has 3 N–H and O–H groups in total. The average molecular weight is 480 g/mol. The van der Waals surface area contributed by atoms with Crippen LogP contribution in [0.15, 0.2) is 30.3 Å². The molecule has 0 heterocycles. The maximum Gasteiger partial charge on any atom is 0.305 e. The lowest BCUT2D eigenvalue weighted by Crippen LogP contribution is -2.55. The van der Waals surface area contributed by atoms with Crippen LogP contribution in [0.2, 0.25) is 0 Å². The number of carbonyl (C=O) groups excluding carboxylic acids is 4. The fraction of sp³-hybridized carbons (Fsp3) is 0.583. The Balaban J connectivity index is 2.75. The minimum Gasteiger partial charge on any atom is -0.469 e. The van der Waals surface area contributed by atoms with E-state index in [1.54, 1.807) is 0 Å². The zero-order valence-electron chi connectivity index (χ0n) is 19.9. The molecule has 1 aromatic carbocycles. The topological polar surface area (TPSA) is 114 Å². The first-order valence-corrected chi connectivity index (χ1v) is 11.8. The van der Waals surface area contributed by atoms with E-state index in [1.165, 1.54) is 14.2 Å². The molecule has 33 heavy (non-hydrogen) atoms. The van der Waals surface area contributed by atoms with E-state index in [1.807, 2.05) is 44.2 Å². The van der Waals surface area contributed by atoms with Crippen LogP contribution in [0.3, 0.4) is 0 Å². The van der Waals surface area contributed by atoms with Gasteiger partial charge < -0.3 is 20.7 Å². The van der Waals surface area contributed by atoms with Gasteiger partial charge >= 0.3 is 5.97 Å². The second-order valence-electron chi connectivity index (χ2n) is 8.39. The summed E-state index contributed by atoms with van der Waals surface area (Å²) in [5.74, 6) is -1.21. The van der Waals surface area contributed by atoms with E-state index < -0.39 is 23.2 Å². The van der Waals surface area contributed by atoms with Crippen molar-refractivity contribution >= 4 is 36.3 Å². The first-order chi connectivity index (χ1) is 15.7. The van der Waals surface area contributed by atoms with Crippen molar-refractivity contribution in [3.05, 3.63) is 35.9 Å². The Labute approximate surface area is 202 Å². The van der Waals surface area contributed by atoms with Crippen molar-refractivity contribution in [3.63, 3.8) is 0 Å². The van der Waals surface area contributed by atoms with Crippen LogP contribution < -0.4 is 16.0 Å². The third kappa shape index (κ3) is 11.2. The summed E-state index contributed by atoms with van der Waals surface area (Å²) in [5.41, 5.74) is 0.915. The van der Waals surface area contributed by atoms with Gasteiger partial charge in [-0.15, -0.1) is 0 Å². The lowest BCUT2D eigenvalue weighted by atomic mass is 10.0. The maximum atomic E-state index is 13.0. The highest BCUT2D eigenvalue weighted by atomic mass is 32.1. The molecule has 3 amide bonds. The summed E-state index contributed by atoms with van der Waals surface area (Å²) < 4.78 is 4.60. The van der Waals surface area contributed by atoms with Gasteiger partial charge in [0, 0.05) is 19.9 Å². The first-order valence-electron chi connectivity index (χ1n) is 11.3. The summed E-state index contributed by atoms with van der Waals surface area (Å²) in [5, 5.41) is 7.56. The number of likely N-dealkylation sites (N-methyl/N-ethyl adjacent to an activating group) is 1. The van der Waals surface area contributed by atoms with Crippen LogP contribution in [0.1, 0.15) is 51.5 Å². The van der Waals surface area contributed by atoms with Gasteiger partial charge in [0.15, 0.2) is 0 Å². The number of nitrogens with one attached hydrogen (secondary N) is 3. The quantitative estimate of drug-likeness (QED) is 0.185. The van der Waals surface area contributed by atoms with E-state index in [4.69, 9.17) is 0 Å². The van der Waals surface area contributed by atoms with Gasteiger partial charge in [-0.1, -0.05) is 50.6 Å². The number of esters is 1. The summed E-state index contributed by atoms with van der Waals surface area (Å²) in [7, 11) is 2.86. The molecule has 1 aromatic rings. The van der Waals surface area contributed by atoms with E-state index in [2.05, 4.69) is 33.3 Å². The molecular formula is C24H37N3O5S. The minimum atomic E-state index is -0.787. The van der Waals surface area contributed by atoms with E-state index in [-0.39, 0.29) is 23.7 Å². The summed E-state index contributed by atoms with van der Waals surface area (Å²) in [6.45, 7) is 3.91. The van der Waals surface area contributed by atoms with Crippen molar-refractivity contribution in [2.24, 2.45) is 5.92 Å². The van der Waals surface area contributed by atoms with Crippen molar-refractivity contribution in [1.29, 1.82) is 0 Å². The largest absolute Gasteiger partial charge is 0.469 e. The molecule has 0 aliphatic rings. The van der Waals surface area contributed by atoms with Crippen LogP contribution in [0.25, 0.3) is 0 Å². The Morgan fingerprint density at radius 2 is 1.58 bits per heavy atom. The van der Waals surface area contributed by atoms with Crippen LogP contribution in [0.4, 0.5) is 0 Å². The highest BCUT2D eigenvalue weighted by molar-refractivity contribution is 7.81. The standard InChI is InChI=1S/C24H37N3O5S/c1-16(2)14-18(27-24(31)20(33)12-8-9-13-21(28)32-4)23(30)26-19(22(29)25-3)15-17-10-6-5-7-11-17/h5-7,10-11,16,18-20,33H,8-9,12-15H2,1-4H3,(H,25,29)(H,26,30)(H,27,31)/t18-,19?,20?/m0/s1. The second kappa shape index (κ2) is 15.3. The van der Waals surface area contributed by atoms with Gasteiger partial charge in [0.2, 0.25) is 17.7 Å². The van der Waals surface area contributed by atoms with Crippen LogP contribution in [0, 0.1) is 5.92 Å². The zero-order chi connectivity index (χ0) is 24.8. The predicted octanol–water partition coefficient (Wildman–Crippen LogP) is 2.02. The first kappa shape index (κ1) is 28.5. The molecular weight excluding hydrogens is 442 g/mol. The molecule has 3 atom stereocenters. The van der Waals surface area contributed by atoms with Gasteiger partial charge in [-0.3, -0.25) is 19.2 Å². The van der Waals surface area contributed by atoms with Gasteiger partial charge in [-0.25, -0.2) is 0 Å². The molecule has 0 fully saturated rings. The Bertz CT molecular complexity index is 773. The van der Waals surface area contributed by atoms with Crippen molar-refractivity contribution in [3.8, 4) is 0 Å². The Morgan fingerprint density at radius 1 is 0.939 bits per heavy atom. The summed E-state index contributed by atoms with van der Waals surface area (Å²) in [6, 6.07) is 7.86. The predicted molar refractivity (Wildman–Crippen MR) is 131 cm³/mol. The third-order valence-corrected chi connectivity index (χ3v) is 5.63. The zero-order valence-corrected chi connectivity index (χ0v) is 20.8. The normalized spacial score (nSPS) is 13.5. The number of methoxy groups -OCH3 is 1. The molecule has 0 saturated heterocycles. The molecule has 0 radical (unpaired) electrons. The monoisotopic (exact) mass is 479 g/mol. The molecule has 0 aliphatic heterocycles. The van der Waals surface area contributed by atoms with E-state index in [0.717, 1.165) is 5.56 Å². The number of hydrogen-bond acceptors (Lipinski definition) is 6. The smallest absolute Gasteiger partial charge is 0.305 e. The Morgan fingerprint density at radius 3 is 2.15 bits per heavy atom. The molecule has 8 nitrogen and oxygen atoms in total. The number of rotatable bonds is 14. The van der Waals surface area contributed by atoms with E-state index in [0.29, 0.717) is 38.5 Å². The number of unbranched alkanes of at least 4 members (excludes halogenated alkanes) is 1. The summed E-state index contributed by atoms with van der Waals surface area (Å²) in [4.78, 5) is 49.3. The molecule has 2 unspecified atom stereocenters. The Kier molecular flexibility index (Phi) is 13.2. The van der Waals surface area contributed by atoms with Crippen LogP contribution >= 0.6 is 12.6 Å². The van der Waals surface area contributed by atoms with Gasteiger partial charge in [0.1, 0.15) is 12.1 Å². The molecule has 0 aliphatic carbocycles. The highest BCUT2D eigenvalue weighted by Crippen LogP contribution is 2.12. The number of benzene rings is 1. The van der Waals surface area contributed by atoms with Crippen LogP contribution in [-0.2, 0) is 30.3 Å². The number of ether oxygens (including phenoxy) is 1. The van der Waals surface area contributed by atoms with Gasteiger partial charge in [-0.05, 0) is 30.7 Å². The van der Waals surface area contributed by atoms with E-state index >= 15 is 0 Å². The van der Waals surface area contributed by atoms with Crippen molar-refractivity contribution < 1.29 is 23.9 Å². The van der Waals surface area contributed by atoms with Gasteiger partial charge in [0.05, 0.1) is 12.4 Å². The number of thiol groups is 1. The van der Waals surface area contributed by atoms with Gasteiger partial charge in [0.25, 0.3) is 0 Å². The van der Waals surface area contributed by atoms with Crippen LogP contribution in [0.5, 0.6) is 0 Å². The van der Waals surface area contributed by atoms with Crippen molar-refractivity contribution in [2.75, 3.05) is 14.2 Å². The lowest BCUT2D eigenvalue weighted by Gasteiger charge is -2.25. The Hall–Kier alpha value is -2.55. The lowest BCUT2D eigenvalue weighted by molar-refractivity contribution is -0.140. The molecule has 0 bridgehead atoms. The molecule has 0 spiro atoms. The third-order valence-electron chi connectivity index (χ3n) is 5.14. The number of hydrogen-bond donors (Lipinski definition) is 4. The molecule has 0 saturated carbocycles. The highest BCUT2D eigenvalue weighted by Gasteiger charge is 2.28. The SMILES string of the molecule is CNC(=O)C(Cc1ccccc1)NC(=O)[C@H](CC(C)C)NC(=O)C(S)CCCCC(=O)OC. The van der Waals surface area contributed by atoms with Crippen molar-refractivity contribution in [2.45, 2.75) is 69.7 Å². The fourth-order valence-corrected chi connectivity index (χ4v) is 3.57. The minimum absolute atomic E-state index is 0.145.